The lowest BCUT2D eigenvalue weighted by atomic mass is 10.3. The fourth-order valence-electron chi connectivity index (χ4n) is 2.32. The van der Waals surface area contributed by atoms with Gasteiger partial charge in [0, 0.05) is 13.2 Å². The van der Waals surface area contributed by atoms with Crippen LogP contribution in [-0.2, 0) is 31.5 Å². The fourth-order valence-corrected chi connectivity index (χ4v) is 2.32. The number of nitrogens with one attached hydrogen (secondary N) is 1. The maximum Gasteiger partial charge on any atom is 0.242 e. The number of ether oxygens (including phenoxy) is 2. The van der Waals surface area contributed by atoms with E-state index < -0.39 is 0 Å². The summed E-state index contributed by atoms with van der Waals surface area (Å²) in [6.45, 7) is 0.683. The van der Waals surface area contributed by atoms with E-state index in [0.717, 1.165) is 5.69 Å². The molecule has 9 heteroatoms. The van der Waals surface area contributed by atoms with E-state index in [9.17, 15) is 4.79 Å². The lowest BCUT2D eigenvalue weighted by molar-refractivity contribution is -0.122. The van der Waals surface area contributed by atoms with Crippen LogP contribution in [0.25, 0.3) is 0 Å². The Morgan fingerprint density at radius 3 is 2.73 bits per heavy atom. The number of amides is 1. The lowest BCUT2D eigenvalue weighted by Crippen LogP contribution is -2.27. The number of rotatable bonds is 8. The fraction of sp³-hybridized carbons (Fsp3) is 0.294. The summed E-state index contributed by atoms with van der Waals surface area (Å²) in [5, 5.41) is 15.0. The van der Waals surface area contributed by atoms with Gasteiger partial charge in [-0.3, -0.25) is 9.48 Å². The van der Waals surface area contributed by atoms with Gasteiger partial charge in [0.05, 0.1) is 25.5 Å². The van der Waals surface area contributed by atoms with E-state index in [1.807, 2.05) is 43.6 Å². The van der Waals surface area contributed by atoms with Gasteiger partial charge in [-0.15, -0.1) is 5.10 Å². The van der Waals surface area contributed by atoms with Gasteiger partial charge in [0.25, 0.3) is 0 Å². The number of hydrogen-bond donors (Lipinski definition) is 1. The van der Waals surface area contributed by atoms with Crippen molar-refractivity contribution >= 4 is 5.91 Å². The maximum atomic E-state index is 12.0. The summed E-state index contributed by atoms with van der Waals surface area (Å²) in [5.41, 5.74) is 1.42. The standard InChI is InChI=1S/C17H20N6O3/c1-22-8-7-13(20-22)9-18-17(24)11-23-10-14(19-21-23)12-26-16-6-4-3-5-15(16)25-2/h3-8,10H,9,11-12H2,1-2H3,(H,18,24). The third kappa shape index (κ3) is 4.59. The van der Waals surface area contributed by atoms with Crippen LogP contribution in [0, 0.1) is 0 Å². The van der Waals surface area contributed by atoms with Gasteiger partial charge in [-0.2, -0.15) is 5.10 Å². The molecule has 136 valence electrons. The summed E-state index contributed by atoms with van der Waals surface area (Å²) in [6, 6.07) is 9.21. The van der Waals surface area contributed by atoms with Crippen LogP contribution in [0.15, 0.2) is 42.7 Å². The maximum absolute atomic E-state index is 12.0. The SMILES string of the molecule is COc1ccccc1OCc1cn(CC(=O)NCc2ccn(C)n2)nn1. The van der Waals surface area contributed by atoms with Crippen LogP contribution in [-0.4, -0.2) is 37.8 Å². The van der Waals surface area contributed by atoms with Gasteiger partial charge in [0.2, 0.25) is 5.91 Å². The topological polar surface area (TPSA) is 96.1 Å². The van der Waals surface area contributed by atoms with Gasteiger partial charge in [0.1, 0.15) is 18.8 Å². The molecule has 26 heavy (non-hydrogen) atoms. The molecule has 0 saturated carbocycles. The third-order valence-electron chi connectivity index (χ3n) is 3.57. The van der Waals surface area contributed by atoms with Crippen LogP contribution in [0.4, 0.5) is 0 Å². The smallest absolute Gasteiger partial charge is 0.242 e. The van der Waals surface area contributed by atoms with Crippen molar-refractivity contribution in [3.8, 4) is 11.5 Å². The number of carbonyl (C=O) groups is 1. The van der Waals surface area contributed by atoms with E-state index in [4.69, 9.17) is 9.47 Å². The molecule has 1 amide bonds. The Morgan fingerprint density at radius 2 is 2.00 bits per heavy atom. The minimum atomic E-state index is -0.169. The van der Waals surface area contributed by atoms with Gasteiger partial charge in [-0.05, 0) is 18.2 Å². The molecule has 1 N–H and O–H groups in total. The first-order valence-electron chi connectivity index (χ1n) is 8.04. The van der Waals surface area contributed by atoms with E-state index in [1.165, 1.54) is 4.68 Å². The van der Waals surface area contributed by atoms with Crippen LogP contribution < -0.4 is 14.8 Å². The number of para-hydroxylation sites is 2. The predicted molar refractivity (Wildman–Crippen MR) is 92.4 cm³/mol. The summed E-state index contributed by atoms with van der Waals surface area (Å²) < 4.78 is 14.1. The Kier molecular flexibility index (Phi) is 5.47. The molecule has 1 aromatic carbocycles. The number of carbonyl (C=O) groups excluding carboxylic acids is 1. The molecule has 2 heterocycles. The van der Waals surface area contributed by atoms with Crippen LogP contribution >= 0.6 is 0 Å². The molecule has 0 unspecified atom stereocenters. The highest BCUT2D eigenvalue weighted by molar-refractivity contribution is 5.75. The van der Waals surface area contributed by atoms with Gasteiger partial charge in [0.15, 0.2) is 11.5 Å². The summed E-state index contributed by atoms with van der Waals surface area (Å²) >= 11 is 0. The number of nitrogens with zero attached hydrogens (tertiary/aromatic N) is 5. The second-order valence-corrected chi connectivity index (χ2v) is 5.60. The normalized spacial score (nSPS) is 10.5. The van der Waals surface area contributed by atoms with Crippen molar-refractivity contribution in [2.45, 2.75) is 19.7 Å². The van der Waals surface area contributed by atoms with E-state index >= 15 is 0 Å². The molecule has 0 aliphatic rings. The van der Waals surface area contributed by atoms with Crippen LogP contribution in [0.1, 0.15) is 11.4 Å². The van der Waals surface area contributed by atoms with Crippen molar-refractivity contribution in [3.05, 3.63) is 54.1 Å². The Balaban J connectivity index is 1.48. The van der Waals surface area contributed by atoms with E-state index in [2.05, 4.69) is 20.7 Å². The van der Waals surface area contributed by atoms with Crippen molar-refractivity contribution in [1.29, 1.82) is 0 Å². The minimum Gasteiger partial charge on any atom is -0.493 e. The van der Waals surface area contributed by atoms with E-state index in [0.29, 0.717) is 23.7 Å². The Labute approximate surface area is 150 Å². The second kappa shape index (κ2) is 8.15. The summed E-state index contributed by atoms with van der Waals surface area (Å²) in [7, 11) is 3.41. The lowest BCUT2D eigenvalue weighted by Gasteiger charge is -2.08. The molecule has 0 bridgehead atoms. The quantitative estimate of drug-likeness (QED) is 0.645. The molecule has 2 aromatic heterocycles. The molecule has 0 atom stereocenters. The van der Waals surface area contributed by atoms with Crippen LogP contribution in [0.3, 0.4) is 0 Å². The van der Waals surface area contributed by atoms with Gasteiger partial charge in [-0.1, -0.05) is 17.3 Å². The van der Waals surface area contributed by atoms with Gasteiger partial charge in [-0.25, -0.2) is 4.68 Å². The molecule has 9 nitrogen and oxygen atoms in total. The number of aryl methyl sites for hydroxylation is 1. The average Bonchev–Trinajstić information content (AvgIpc) is 3.27. The van der Waals surface area contributed by atoms with E-state index in [1.54, 1.807) is 18.0 Å². The molecule has 3 rings (SSSR count). The highest BCUT2D eigenvalue weighted by Crippen LogP contribution is 2.26. The second-order valence-electron chi connectivity index (χ2n) is 5.60. The zero-order valence-electron chi connectivity index (χ0n) is 14.6. The highest BCUT2D eigenvalue weighted by Gasteiger charge is 2.09. The molecule has 0 aliphatic heterocycles. The molecule has 0 spiro atoms. The number of benzene rings is 1. The van der Waals surface area contributed by atoms with Crippen molar-refractivity contribution in [1.82, 2.24) is 30.1 Å². The first-order valence-corrected chi connectivity index (χ1v) is 8.04. The van der Waals surface area contributed by atoms with E-state index in [-0.39, 0.29) is 19.1 Å². The van der Waals surface area contributed by atoms with Crippen molar-refractivity contribution in [2.24, 2.45) is 7.05 Å². The summed E-state index contributed by atoms with van der Waals surface area (Å²) in [6.07, 6.45) is 3.50. The monoisotopic (exact) mass is 356 g/mol. The zero-order valence-corrected chi connectivity index (χ0v) is 14.6. The number of aromatic nitrogens is 5. The molecular weight excluding hydrogens is 336 g/mol. The first-order chi connectivity index (χ1) is 12.6. The summed E-state index contributed by atoms with van der Waals surface area (Å²) in [4.78, 5) is 12.0. The number of hydrogen-bond acceptors (Lipinski definition) is 6. The van der Waals surface area contributed by atoms with Crippen molar-refractivity contribution in [3.63, 3.8) is 0 Å². The summed E-state index contributed by atoms with van der Waals surface area (Å²) in [5.74, 6) is 1.10. The Hall–Kier alpha value is -3.36. The van der Waals surface area contributed by atoms with Crippen LogP contribution in [0.5, 0.6) is 11.5 Å². The predicted octanol–water partition coefficient (Wildman–Crippen LogP) is 0.916. The molecular formula is C17H20N6O3. The van der Waals surface area contributed by atoms with Crippen LogP contribution in [0.2, 0.25) is 0 Å². The average molecular weight is 356 g/mol. The molecule has 3 aromatic rings. The van der Waals surface area contributed by atoms with Crippen molar-refractivity contribution in [2.75, 3.05) is 7.11 Å². The molecule has 0 fully saturated rings. The molecule has 0 aliphatic carbocycles. The first kappa shape index (κ1) is 17.5. The third-order valence-corrected chi connectivity index (χ3v) is 3.57. The Morgan fingerprint density at radius 1 is 1.19 bits per heavy atom. The zero-order chi connectivity index (χ0) is 18.4. The minimum absolute atomic E-state index is 0.0779. The van der Waals surface area contributed by atoms with Gasteiger partial charge < -0.3 is 14.8 Å². The highest BCUT2D eigenvalue weighted by atomic mass is 16.5. The van der Waals surface area contributed by atoms with Crippen molar-refractivity contribution < 1.29 is 14.3 Å². The molecule has 0 saturated heterocycles. The molecule has 0 radical (unpaired) electrons. The Bertz CT molecular complexity index is 873. The number of methoxy groups -OCH3 is 1. The van der Waals surface area contributed by atoms with Gasteiger partial charge >= 0.3 is 0 Å². The largest absolute Gasteiger partial charge is 0.493 e.